The van der Waals surface area contributed by atoms with E-state index in [1.54, 1.807) is 19.2 Å². The first kappa shape index (κ1) is 15.8. The lowest BCUT2D eigenvalue weighted by Crippen LogP contribution is -2.30. The summed E-state index contributed by atoms with van der Waals surface area (Å²) in [5.74, 6) is 5.97. The zero-order valence-electron chi connectivity index (χ0n) is 12.0. The van der Waals surface area contributed by atoms with Gasteiger partial charge in [0.05, 0.1) is 13.2 Å². The van der Waals surface area contributed by atoms with Crippen molar-refractivity contribution in [3.63, 3.8) is 0 Å². The van der Waals surface area contributed by atoms with E-state index in [0.29, 0.717) is 17.0 Å². The second kappa shape index (κ2) is 6.89. The highest BCUT2D eigenvalue weighted by Gasteiger charge is 2.20. The summed E-state index contributed by atoms with van der Waals surface area (Å²) in [6.45, 7) is 1.99. The SMILES string of the molecule is COc1ccc(C)cc1CC(NN)c1c(F)cccc1Cl. The number of nitrogens with two attached hydrogens (primary N) is 1. The number of halogens is 2. The summed E-state index contributed by atoms with van der Waals surface area (Å²) in [4.78, 5) is 0. The number of hydrogen-bond donors (Lipinski definition) is 2. The van der Waals surface area contributed by atoms with Gasteiger partial charge in [0.25, 0.3) is 0 Å². The van der Waals surface area contributed by atoms with Crippen LogP contribution in [0.3, 0.4) is 0 Å². The van der Waals surface area contributed by atoms with Gasteiger partial charge in [-0.2, -0.15) is 0 Å². The molecule has 0 heterocycles. The summed E-state index contributed by atoms with van der Waals surface area (Å²) < 4.78 is 19.4. The topological polar surface area (TPSA) is 47.3 Å². The van der Waals surface area contributed by atoms with Gasteiger partial charge in [0.1, 0.15) is 11.6 Å². The number of benzene rings is 2. The number of aryl methyl sites for hydroxylation is 1. The Labute approximate surface area is 128 Å². The molecular weight excluding hydrogens is 291 g/mol. The fourth-order valence-electron chi connectivity index (χ4n) is 2.37. The van der Waals surface area contributed by atoms with Crippen LogP contribution in [0.2, 0.25) is 5.02 Å². The maximum Gasteiger partial charge on any atom is 0.129 e. The molecule has 0 amide bonds. The van der Waals surface area contributed by atoms with E-state index in [4.69, 9.17) is 22.2 Å². The lowest BCUT2D eigenvalue weighted by molar-refractivity contribution is 0.404. The van der Waals surface area contributed by atoms with E-state index in [2.05, 4.69) is 5.43 Å². The Bertz CT molecular complexity index is 613. The van der Waals surface area contributed by atoms with Crippen molar-refractivity contribution >= 4 is 11.6 Å². The zero-order chi connectivity index (χ0) is 15.4. The number of rotatable bonds is 5. The molecule has 0 bridgehead atoms. The van der Waals surface area contributed by atoms with Crippen molar-refractivity contribution in [2.45, 2.75) is 19.4 Å². The molecule has 0 spiro atoms. The monoisotopic (exact) mass is 308 g/mol. The van der Waals surface area contributed by atoms with E-state index in [1.165, 1.54) is 6.07 Å². The third-order valence-corrected chi connectivity index (χ3v) is 3.74. The first-order valence-corrected chi connectivity index (χ1v) is 6.98. The van der Waals surface area contributed by atoms with Crippen molar-refractivity contribution in [3.05, 3.63) is 63.9 Å². The van der Waals surface area contributed by atoms with E-state index in [9.17, 15) is 4.39 Å². The van der Waals surface area contributed by atoms with Gasteiger partial charge in [0.15, 0.2) is 0 Å². The fraction of sp³-hybridized carbons (Fsp3) is 0.250. The molecule has 0 saturated carbocycles. The van der Waals surface area contributed by atoms with Gasteiger partial charge < -0.3 is 4.74 Å². The summed E-state index contributed by atoms with van der Waals surface area (Å²) in [7, 11) is 1.61. The average Bonchev–Trinajstić information content (AvgIpc) is 2.46. The van der Waals surface area contributed by atoms with Gasteiger partial charge in [0, 0.05) is 10.6 Å². The van der Waals surface area contributed by atoms with E-state index >= 15 is 0 Å². The second-order valence-electron chi connectivity index (χ2n) is 4.87. The van der Waals surface area contributed by atoms with Crippen LogP contribution in [0, 0.1) is 12.7 Å². The largest absolute Gasteiger partial charge is 0.496 e. The van der Waals surface area contributed by atoms with Crippen molar-refractivity contribution in [2.24, 2.45) is 5.84 Å². The van der Waals surface area contributed by atoms with Crippen molar-refractivity contribution in [2.75, 3.05) is 7.11 Å². The van der Waals surface area contributed by atoms with Crippen LogP contribution >= 0.6 is 11.6 Å². The van der Waals surface area contributed by atoms with E-state index in [1.807, 2.05) is 25.1 Å². The predicted octanol–water partition coefficient (Wildman–Crippen LogP) is 3.54. The van der Waals surface area contributed by atoms with Crippen LogP contribution in [0.25, 0.3) is 0 Å². The van der Waals surface area contributed by atoms with Crippen LogP contribution in [0.5, 0.6) is 5.75 Å². The molecule has 1 atom stereocenters. The number of ether oxygens (including phenoxy) is 1. The van der Waals surface area contributed by atoms with Gasteiger partial charge in [0.2, 0.25) is 0 Å². The molecule has 0 aliphatic carbocycles. The van der Waals surface area contributed by atoms with Crippen LogP contribution in [-0.4, -0.2) is 7.11 Å². The average molecular weight is 309 g/mol. The molecule has 2 aromatic carbocycles. The molecule has 21 heavy (non-hydrogen) atoms. The van der Waals surface area contributed by atoms with Gasteiger partial charge in [-0.15, -0.1) is 0 Å². The molecular formula is C16H18ClFN2O. The zero-order valence-corrected chi connectivity index (χ0v) is 12.7. The molecule has 2 aromatic rings. The molecule has 5 heteroatoms. The first-order chi connectivity index (χ1) is 10.1. The van der Waals surface area contributed by atoms with Crippen LogP contribution < -0.4 is 16.0 Å². The minimum Gasteiger partial charge on any atom is -0.496 e. The number of hydrogen-bond acceptors (Lipinski definition) is 3. The summed E-state index contributed by atoms with van der Waals surface area (Å²) >= 11 is 6.11. The molecule has 0 fully saturated rings. The van der Waals surface area contributed by atoms with Gasteiger partial charge >= 0.3 is 0 Å². The minimum atomic E-state index is -0.436. The maximum atomic E-state index is 14.0. The Hall–Kier alpha value is -1.62. The lowest BCUT2D eigenvalue weighted by atomic mass is 9.97. The van der Waals surface area contributed by atoms with Crippen molar-refractivity contribution < 1.29 is 9.13 Å². The number of nitrogens with one attached hydrogen (secondary N) is 1. The van der Waals surface area contributed by atoms with Gasteiger partial charge in [-0.25, -0.2) is 4.39 Å². The Balaban J connectivity index is 2.38. The van der Waals surface area contributed by atoms with Crippen LogP contribution in [-0.2, 0) is 6.42 Å². The summed E-state index contributed by atoms with van der Waals surface area (Å²) in [5, 5.41) is 0.351. The molecule has 3 N–H and O–H groups in total. The Kier molecular flexibility index (Phi) is 5.17. The van der Waals surface area contributed by atoms with Crippen molar-refractivity contribution in [1.82, 2.24) is 5.43 Å². The number of methoxy groups -OCH3 is 1. The van der Waals surface area contributed by atoms with E-state index in [-0.39, 0.29) is 5.82 Å². The van der Waals surface area contributed by atoms with Crippen LogP contribution in [0.15, 0.2) is 36.4 Å². The third-order valence-electron chi connectivity index (χ3n) is 3.41. The quantitative estimate of drug-likeness (QED) is 0.656. The van der Waals surface area contributed by atoms with Gasteiger partial charge in [-0.05, 0) is 37.1 Å². The van der Waals surface area contributed by atoms with E-state index in [0.717, 1.165) is 16.9 Å². The molecule has 112 valence electrons. The highest BCUT2D eigenvalue weighted by molar-refractivity contribution is 6.31. The molecule has 0 aliphatic heterocycles. The molecule has 0 saturated heterocycles. The maximum absolute atomic E-state index is 14.0. The second-order valence-corrected chi connectivity index (χ2v) is 5.28. The minimum absolute atomic E-state index is 0.351. The smallest absolute Gasteiger partial charge is 0.129 e. The molecule has 0 radical (unpaired) electrons. The summed E-state index contributed by atoms with van der Waals surface area (Å²) in [6.07, 6.45) is 0.474. The Morgan fingerprint density at radius 1 is 1.33 bits per heavy atom. The number of hydrazine groups is 1. The van der Waals surface area contributed by atoms with Gasteiger partial charge in [-0.1, -0.05) is 35.4 Å². The normalized spacial score (nSPS) is 12.2. The van der Waals surface area contributed by atoms with E-state index < -0.39 is 6.04 Å². The standard InChI is InChI=1S/C16H18ClFN2O/c1-10-6-7-15(21-2)11(8-10)9-14(20-19)16-12(17)4-3-5-13(16)18/h3-8,14,20H,9,19H2,1-2H3. The fourth-order valence-corrected chi connectivity index (χ4v) is 2.67. The molecule has 2 rings (SSSR count). The highest BCUT2D eigenvalue weighted by Crippen LogP contribution is 2.30. The summed E-state index contributed by atoms with van der Waals surface area (Å²) in [5.41, 5.74) is 5.05. The predicted molar refractivity (Wildman–Crippen MR) is 82.9 cm³/mol. The first-order valence-electron chi connectivity index (χ1n) is 6.60. The molecule has 0 aromatic heterocycles. The lowest BCUT2D eigenvalue weighted by Gasteiger charge is -2.20. The molecule has 0 aliphatic rings. The molecule has 3 nitrogen and oxygen atoms in total. The highest BCUT2D eigenvalue weighted by atomic mass is 35.5. The third kappa shape index (κ3) is 3.53. The Morgan fingerprint density at radius 2 is 2.10 bits per heavy atom. The van der Waals surface area contributed by atoms with Crippen LogP contribution in [0.4, 0.5) is 4.39 Å². The van der Waals surface area contributed by atoms with Crippen molar-refractivity contribution in [3.8, 4) is 5.75 Å². The van der Waals surface area contributed by atoms with Crippen molar-refractivity contribution in [1.29, 1.82) is 0 Å². The van der Waals surface area contributed by atoms with Gasteiger partial charge in [-0.3, -0.25) is 11.3 Å². The summed E-state index contributed by atoms with van der Waals surface area (Å²) in [6, 6.07) is 10.0. The van der Waals surface area contributed by atoms with Crippen LogP contribution in [0.1, 0.15) is 22.7 Å². The Morgan fingerprint density at radius 3 is 2.71 bits per heavy atom. The molecule has 1 unspecified atom stereocenters.